The van der Waals surface area contributed by atoms with Gasteiger partial charge in [-0.3, -0.25) is 4.79 Å². The highest BCUT2D eigenvalue weighted by atomic mass is 35.5. The first-order valence-electron chi connectivity index (χ1n) is 7.16. The van der Waals surface area contributed by atoms with Gasteiger partial charge in [-0.25, -0.2) is 9.78 Å². The lowest BCUT2D eigenvalue weighted by Crippen LogP contribution is -2.23. The minimum Gasteiger partial charge on any atom is -0.465 e. The number of ether oxygens (including phenoxy) is 1. The first-order valence-corrected chi connectivity index (χ1v) is 7.54. The summed E-state index contributed by atoms with van der Waals surface area (Å²) in [5, 5.41) is 3.40. The number of carbonyl (C=O) groups excluding carboxylic acids is 2. The molecule has 0 saturated carbocycles. The summed E-state index contributed by atoms with van der Waals surface area (Å²) < 4.78 is 6.42. The van der Waals surface area contributed by atoms with Gasteiger partial charge in [0.15, 0.2) is 0 Å². The molecule has 24 heavy (non-hydrogen) atoms. The number of rotatable bonds is 4. The predicted octanol–water partition coefficient (Wildman–Crippen LogP) is 2.70. The van der Waals surface area contributed by atoms with E-state index >= 15 is 0 Å². The fourth-order valence-corrected chi connectivity index (χ4v) is 2.42. The van der Waals surface area contributed by atoms with Gasteiger partial charge in [0.2, 0.25) is 0 Å². The van der Waals surface area contributed by atoms with Gasteiger partial charge in [0.25, 0.3) is 5.91 Å². The molecule has 0 unspecified atom stereocenters. The van der Waals surface area contributed by atoms with Gasteiger partial charge in [0, 0.05) is 18.0 Å². The Morgan fingerprint density at radius 3 is 2.54 bits per heavy atom. The maximum atomic E-state index is 12.2. The Hall–Kier alpha value is -2.86. The lowest BCUT2D eigenvalue weighted by atomic mass is 10.1. The summed E-state index contributed by atoms with van der Waals surface area (Å²) in [6.07, 6.45) is 3.56. The minimum atomic E-state index is -0.440. The monoisotopic (exact) mass is 343 g/mol. The average molecular weight is 344 g/mol. The van der Waals surface area contributed by atoms with Crippen molar-refractivity contribution in [3.8, 4) is 0 Å². The number of fused-ring (bicyclic) bond motifs is 1. The Bertz CT molecular complexity index is 903. The van der Waals surface area contributed by atoms with E-state index in [1.807, 2.05) is 6.20 Å². The van der Waals surface area contributed by atoms with Crippen LogP contribution in [0.5, 0.6) is 0 Å². The van der Waals surface area contributed by atoms with E-state index in [9.17, 15) is 9.59 Å². The van der Waals surface area contributed by atoms with Crippen LogP contribution >= 0.6 is 11.6 Å². The smallest absolute Gasteiger partial charge is 0.337 e. The standard InChI is InChI=1S/C17H14ClN3O3/c1-24-17(23)12-4-2-11(3-5-12)16(22)19-8-14-10-21-9-13(18)6-7-15(21)20-14/h2-7,9-10H,8H2,1H3,(H,19,22). The van der Waals surface area contributed by atoms with E-state index in [0.717, 1.165) is 11.3 Å². The number of benzene rings is 1. The number of pyridine rings is 1. The van der Waals surface area contributed by atoms with Crippen LogP contribution in [-0.2, 0) is 11.3 Å². The fourth-order valence-electron chi connectivity index (χ4n) is 2.25. The highest BCUT2D eigenvalue weighted by Crippen LogP contribution is 2.12. The molecule has 2 aromatic heterocycles. The van der Waals surface area contributed by atoms with Gasteiger partial charge in [-0.2, -0.15) is 0 Å². The van der Waals surface area contributed by atoms with E-state index in [0.29, 0.717) is 16.1 Å². The van der Waals surface area contributed by atoms with Crippen LogP contribution in [0.3, 0.4) is 0 Å². The van der Waals surface area contributed by atoms with Crippen molar-refractivity contribution < 1.29 is 14.3 Å². The third kappa shape index (κ3) is 3.38. The maximum absolute atomic E-state index is 12.2. The predicted molar refractivity (Wildman–Crippen MR) is 89.2 cm³/mol. The zero-order valence-electron chi connectivity index (χ0n) is 12.8. The quantitative estimate of drug-likeness (QED) is 0.739. The van der Waals surface area contributed by atoms with E-state index in [-0.39, 0.29) is 12.5 Å². The number of imidazole rings is 1. The molecule has 2 heterocycles. The van der Waals surface area contributed by atoms with Crippen LogP contribution in [0.1, 0.15) is 26.4 Å². The molecule has 1 amide bonds. The van der Waals surface area contributed by atoms with Crippen LogP contribution in [0.15, 0.2) is 48.8 Å². The minimum absolute atomic E-state index is 0.249. The zero-order chi connectivity index (χ0) is 17.1. The van der Waals surface area contributed by atoms with E-state index < -0.39 is 5.97 Å². The summed E-state index contributed by atoms with van der Waals surface area (Å²) in [6.45, 7) is 0.289. The Morgan fingerprint density at radius 2 is 1.83 bits per heavy atom. The zero-order valence-corrected chi connectivity index (χ0v) is 13.6. The van der Waals surface area contributed by atoms with E-state index in [1.165, 1.54) is 7.11 Å². The molecule has 0 aliphatic carbocycles. The molecule has 0 atom stereocenters. The number of hydrogen-bond acceptors (Lipinski definition) is 4. The Kier molecular flexibility index (Phi) is 4.48. The Labute approximate surface area is 143 Å². The largest absolute Gasteiger partial charge is 0.465 e. The van der Waals surface area contributed by atoms with Gasteiger partial charge >= 0.3 is 5.97 Å². The molecule has 0 saturated heterocycles. The molecular weight excluding hydrogens is 330 g/mol. The molecular formula is C17H14ClN3O3. The third-order valence-corrected chi connectivity index (χ3v) is 3.69. The van der Waals surface area contributed by atoms with Crippen LogP contribution in [0.25, 0.3) is 5.65 Å². The number of hydrogen-bond donors (Lipinski definition) is 1. The first-order chi connectivity index (χ1) is 11.6. The Balaban J connectivity index is 1.66. The summed E-state index contributed by atoms with van der Waals surface area (Å²) in [4.78, 5) is 27.9. The van der Waals surface area contributed by atoms with E-state index in [2.05, 4.69) is 15.0 Å². The lowest BCUT2D eigenvalue weighted by Gasteiger charge is -2.04. The molecule has 0 spiro atoms. The van der Waals surface area contributed by atoms with Gasteiger partial charge in [0.1, 0.15) is 5.65 Å². The molecule has 122 valence electrons. The van der Waals surface area contributed by atoms with Gasteiger partial charge in [-0.05, 0) is 36.4 Å². The number of halogens is 1. The number of nitrogens with zero attached hydrogens (tertiary/aromatic N) is 2. The second kappa shape index (κ2) is 6.72. The van der Waals surface area contributed by atoms with Gasteiger partial charge in [-0.1, -0.05) is 11.6 Å². The van der Waals surface area contributed by atoms with Crippen molar-refractivity contribution in [2.45, 2.75) is 6.54 Å². The molecule has 1 N–H and O–H groups in total. The van der Waals surface area contributed by atoms with Crippen molar-refractivity contribution in [1.82, 2.24) is 14.7 Å². The summed E-state index contributed by atoms with van der Waals surface area (Å²) in [7, 11) is 1.31. The molecule has 7 heteroatoms. The van der Waals surface area contributed by atoms with Gasteiger partial charge in [0.05, 0.1) is 29.9 Å². The first kappa shape index (κ1) is 16.0. The van der Waals surface area contributed by atoms with Crippen molar-refractivity contribution in [3.05, 3.63) is 70.6 Å². The van der Waals surface area contributed by atoms with Crippen molar-refractivity contribution in [3.63, 3.8) is 0 Å². The maximum Gasteiger partial charge on any atom is 0.337 e. The molecule has 0 aliphatic rings. The molecule has 0 aliphatic heterocycles. The molecule has 3 aromatic rings. The van der Waals surface area contributed by atoms with Gasteiger partial charge < -0.3 is 14.5 Å². The second-order valence-corrected chi connectivity index (χ2v) is 5.53. The highest BCUT2D eigenvalue weighted by Gasteiger charge is 2.10. The lowest BCUT2D eigenvalue weighted by molar-refractivity contribution is 0.0600. The molecule has 0 bridgehead atoms. The number of methoxy groups -OCH3 is 1. The Morgan fingerprint density at radius 1 is 1.12 bits per heavy atom. The summed E-state index contributed by atoms with van der Waals surface area (Å²) in [5.41, 5.74) is 2.32. The van der Waals surface area contributed by atoms with Crippen LogP contribution < -0.4 is 5.32 Å². The normalized spacial score (nSPS) is 10.6. The second-order valence-electron chi connectivity index (χ2n) is 5.10. The molecule has 0 radical (unpaired) electrons. The molecule has 1 aromatic carbocycles. The number of amides is 1. The topological polar surface area (TPSA) is 72.7 Å². The van der Waals surface area contributed by atoms with Crippen molar-refractivity contribution in [2.75, 3.05) is 7.11 Å². The molecule has 0 fully saturated rings. The van der Waals surface area contributed by atoms with Crippen molar-refractivity contribution in [1.29, 1.82) is 0 Å². The van der Waals surface area contributed by atoms with Gasteiger partial charge in [-0.15, -0.1) is 0 Å². The van der Waals surface area contributed by atoms with Crippen LogP contribution in [-0.4, -0.2) is 28.4 Å². The van der Waals surface area contributed by atoms with Crippen molar-refractivity contribution in [2.24, 2.45) is 0 Å². The van der Waals surface area contributed by atoms with E-state index in [1.54, 1.807) is 47.0 Å². The summed E-state index contributed by atoms with van der Waals surface area (Å²) in [6, 6.07) is 9.81. The van der Waals surface area contributed by atoms with Crippen LogP contribution in [0.2, 0.25) is 5.02 Å². The van der Waals surface area contributed by atoms with Crippen molar-refractivity contribution >= 4 is 29.1 Å². The average Bonchev–Trinajstić information content (AvgIpc) is 3.01. The summed E-state index contributed by atoms with van der Waals surface area (Å²) in [5.74, 6) is -0.688. The number of esters is 1. The SMILES string of the molecule is COC(=O)c1ccc(C(=O)NCc2cn3cc(Cl)ccc3n2)cc1. The number of aromatic nitrogens is 2. The number of nitrogens with one attached hydrogen (secondary N) is 1. The summed E-state index contributed by atoms with van der Waals surface area (Å²) >= 11 is 5.93. The third-order valence-electron chi connectivity index (χ3n) is 3.46. The highest BCUT2D eigenvalue weighted by molar-refractivity contribution is 6.30. The van der Waals surface area contributed by atoms with E-state index in [4.69, 9.17) is 11.6 Å². The molecule has 3 rings (SSSR count). The van der Waals surface area contributed by atoms with Crippen LogP contribution in [0, 0.1) is 0 Å². The fraction of sp³-hybridized carbons (Fsp3) is 0.118. The van der Waals surface area contributed by atoms with Crippen LogP contribution in [0.4, 0.5) is 0 Å². The number of carbonyl (C=O) groups is 2. The molecule has 6 nitrogen and oxygen atoms in total.